The van der Waals surface area contributed by atoms with Crippen molar-refractivity contribution in [3.05, 3.63) is 41.5 Å². The number of benzene rings is 1. The fourth-order valence-corrected chi connectivity index (χ4v) is 2.80. The number of likely N-dealkylation sites (tertiary alicyclic amines) is 1. The average molecular weight is 377 g/mol. The first-order chi connectivity index (χ1) is 12.7. The Kier molecular flexibility index (Phi) is 9.22. The molecule has 1 fully saturated rings. The van der Waals surface area contributed by atoms with Gasteiger partial charge in [-0.15, -0.1) is 0 Å². The first-order valence-corrected chi connectivity index (χ1v) is 8.90. The van der Waals surface area contributed by atoms with Crippen LogP contribution in [0.1, 0.15) is 42.1 Å². The number of carboxylic acid groups (broad SMARTS) is 2. The maximum absolute atomic E-state index is 12.3. The Bertz CT molecular complexity index is 676. The van der Waals surface area contributed by atoms with Gasteiger partial charge >= 0.3 is 11.9 Å². The summed E-state index contributed by atoms with van der Waals surface area (Å²) in [6.07, 6.45) is 4.91. The molecule has 2 rings (SSSR count). The van der Waals surface area contributed by atoms with Gasteiger partial charge in [0.15, 0.2) is 5.78 Å². The van der Waals surface area contributed by atoms with Crippen LogP contribution in [0.25, 0.3) is 0 Å². The largest absolute Gasteiger partial charge is 0.508 e. The van der Waals surface area contributed by atoms with E-state index in [0.717, 1.165) is 25.2 Å². The second kappa shape index (κ2) is 11.1. The molecule has 1 aliphatic rings. The van der Waals surface area contributed by atoms with Gasteiger partial charge in [-0.2, -0.15) is 0 Å². The summed E-state index contributed by atoms with van der Waals surface area (Å²) in [5, 5.41) is 25.3. The van der Waals surface area contributed by atoms with E-state index >= 15 is 0 Å². The number of carbonyl (C=O) groups excluding carboxylic acids is 1. The molecule has 7 heteroatoms. The number of phenols is 1. The topological polar surface area (TPSA) is 115 Å². The first kappa shape index (κ1) is 22.4. The fourth-order valence-electron chi connectivity index (χ4n) is 2.80. The van der Waals surface area contributed by atoms with Crippen molar-refractivity contribution in [1.29, 1.82) is 0 Å². The molecule has 1 saturated heterocycles. The highest BCUT2D eigenvalue weighted by molar-refractivity contribution is 5.98. The summed E-state index contributed by atoms with van der Waals surface area (Å²) in [5.41, 5.74) is 1.42. The van der Waals surface area contributed by atoms with Crippen molar-refractivity contribution in [3.63, 3.8) is 0 Å². The minimum Gasteiger partial charge on any atom is -0.508 e. The van der Waals surface area contributed by atoms with Crippen LogP contribution in [-0.4, -0.2) is 57.6 Å². The standard InChI is InChI=1S/C16H23NO2.C4H4O4/c1-12-6-7-14(10-15(12)18)16(19)13(2)11-17-8-4-3-5-9-17;5-3(6)1-2-4(7)8/h6-7,10,13,18H,3-5,8-9,11H2,1-2H3;1-2H,(H,5,6)(H,7,8). The molecule has 1 aliphatic heterocycles. The zero-order valence-corrected chi connectivity index (χ0v) is 15.7. The molecule has 0 aliphatic carbocycles. The van der Waals surface area contributed by atoms with Crippen molar-refractivity contribution in [2.45, 2.75) is 33.1 Å². The molecular formula is C20H27NO6. The molecule has 148 valence electrons. The van der Waals surface area contributed by atoms with Gasteiger partial charge in [-0.1, -0.05) is 25.5 Å². The summed E-state index contributed by atoms with van der Waals surface area (Å²) in [7, 11) is 0. The second-order valence-corrected chi connectivity index (χ2v) is 6.64. The highest BCUT2D eigenvalue weighted by Crippen LogP contribution is 2.20. The lowest BCUT2D eigenvalue weighted by Crippen LogP contribution is -2.35. The number of aliphatic carboxylic acids is 2. The number of aromatic hydroxyl groups is 1. The summed E-state index contributed by atoms with van der Waals surface area (Å²) in [6.45, 7) is 6.86. The maximum atomic E-state index is 12.3. The van der Waals surface area contributed by atoms with Gasteiger partial charge in [0.25, 0.3) is 0 Å². The number of rotatable bonds is 6. The molecule has 0 aromatic heterocycles. The molecule has 7 nitrogen and oxygen atoms in total. The molecule has 0 amide bonds. The van der Waals surface area contributed by atoms with E-state index in [-0.39, 0.29) is 17.5 Å². The number of hydrogen-bond donors (Lipinski definition) is 3. The highest BCUT2D eigenvalue weighted by atomic mass is 16.4. The van der Waals surface area contributed by atoms with Crippen molar-refractivity contribution in [2.24, 2.45) is 5.92 Å². The quantitative estimate of drug-likeness (QED) is 0.516. The van der Waals surface area contributed by atoms with Crippen LogP contribution in [0.4, 0.5) is 0 Å². The van der Waals surface area contributed by atoms with Crippen molar-refractivity contribution < 1.29 is 29.7 Å². The molecular weight excluding hydrogens is 350 g/mol. The van der Waals surface area contributed by atoms with Gasteiger partial charge < -0.3 is 20.2 Å². The molecule has 0 bridgehead atoms. The van der Waals surface area contributed by atoms with E-state index in [1.165, 1.54) is 19.3 Å². The summed E-state index contributed by atoms with van der Waals surface area (Å²) in [5.74, 6) is -2.20. The van der Waals surface area contributed by atoms with Gasteiger partial charge in [0.05, 0.1) is 0 Å². The molecule has 27 heavy (non-hydrogen) atoms. The van der Waals surface area contributed by atoms with Gasteiger partial charge in [0, 0.05) is 30.2 Å². The molecule has 1 aromatic carbocycles. The van der Waals surface area contributed by atoms with Crippen molar-refractivity contribution in [3.8, 4) is 5.75 Å². The van der Waals surface area contributed by atoms with E-state index in [9.17, 15) is 19.5 Å². The molecule has 0 saturated carbocycles. The van der Waals surface area contributed by atoms with Crippen LogP contribution in [0.15, 0.2) is 30.4 Å². The van der Waals surface area contributed by atoms with Gasteiger partial charge in [-0.3, -0.25) is 4.79 Å². The second-order valence-electron chi connectivity index (χ2n) is 6.64. The molecule has 0 radical (unpaired) electrons. The lowest BCUT2D eigenvalue weighted by Gasteiger charge is -2.28. The van der Waals surface area contributed by atoms with Gasteiger partial charge in [0.1, 0.15) is 5.75 Å². The normalized spacial score (nSPS) is 15.6. The third-order valence-corrected chi connectivity index (χ3v) is 4.29. The Balaban J connectivity index is 0.000000387. The molecule has 1 heterocycles. The molecule has 0 spiro atoms. The number of phenolic OH excluding ortho intramolecular Hbond substituents is 1. The summed E-state index contributed by atoms with van der Waals surface area (Å²) in [6, 6.07) is 5.20. The van der Waals surface area contributed by atoms with E-state index in [2.05, 4.69) is 4.90 Å². The van der Waals surface area contributed by atoms with Gasteiger partial charge in [-0.25, -0.2) is 9.59 Å². The summed E-state index contributed by atoms with van der Waals surface area (Å²) < 4.78 is 0. The minimum atomic E-state index is -1.26. The predicted octanol–water partition coefficient (Wildman–Crippen LogP) is 2.72. The van der Waals surface area contributed by atoms with Gasteiger partial charge in [-0.05, 0) is 44.5 Å². The average Bonchev–Trinajstić information content (AvgIpc) is 2.63. The van der Waals surface area contributed by atoms with Crippen LogP contribution in [0, 0.1) is 12.8 Å². The van der Waals surface area contributed by atoms with Crippen LogP contribution < -0.4 is 0 Å². The summed E-state index contributed by atoms with van der Waals surface area (Å²) in [4.78, 5) is 33.8. The van der Waals surface area contributed by atoms with E-state index in [1.807, 2.05) is 19.9 Å². The smallest absolute Gasteiger partial charge is 0.328 e. The lowest BCUT2D eigenvalue weighted by molar-refractivity contribution is -0.134. The van der Waals surface area contributed by atoms with Crippen LogP contribution in [0.5, 0.6) is 5.75 Å². The van der Waals surface area contributed by atoms with E-state index in [0.29, 0.717) is 17.7 Å². The van der Waals surface area contributed by atoms with Crippen LogP contribution >= 0.6 is 0 Å². The highest BCUT2D eigenvalue weighted by Gasteiger charge is 2.20. The Hall–Kier alpha value is -2.67. The fraction of sp³-hybridized carbons (Fsp3) is 0.450. The third kappa shape index (κ3) is 8.50. The number of aryl methyl sites for hydroxylation is 1. The zero-order chi connectivity index (χ0) is 20.4. The zero-order valence-electron chi connectivity index (χ0n) is 15.7. The predicted molar refractivity (Wildman–Crippen MR) is 101 cm³/mol. The monoisotopic (exact) mass is 377 g/mol. The van der Waals surface area contributed by atoms with Crippen LogP contribution in [0.2, 0.25) is 0 Å². The van der Waals surface area contributed by atoms with Crippen LogP contribution in [-0.2, 0) is 9.59 Å². The first-order valence-electron chi connectivity index (χ1n) is 8.90. The van der Waals surface area contributed by atoms with Crippen LogP contribution in [0.3, 0.4) is 0 Å². The molecule has 1 atom stereocenters. The Morgan fingerprint density at radius 1 is 1.07 bits per heavy atom. The Morgan fingerprint density at radius 3 is 2.11 bits per heavy atom. The molecule has 1 aromatic rings. The third-order valence-electron chi connectivity index (χ3n) is 4.29. The Morgan fingerprint density at radius 2 is 1.63 bits per heavy atom. The van der Waals surface area contributed by atoms with E-state index < -0.39 is 11.9 Å². The summed E-state index contributed by atoms with van der Waals surface area (Å²) >= 11 is 0. The SMILES string of the molecule is Cc1ccc(C(=O)C(C)CN2CCCCC2)cc1O.O=C(O)C=CC(=O)O. The van der Waals surface area contributed by atoms with Crippen molar-refractivity contribution in [2.75, 3.05) is 19.6 Å². The van der Waals surface area contributed by atoms with E-state index in [1.54, 1.807) is 12.1 Å². The number of ketones is 1. The number of nitrogens with zero attached hydrogens (tertiary/aromatic N) is 1. The number of piperidine rings is 1. The van der Waals surface area contributed by atoms with Gasteiger partial charge in [0.2, 0.25) is 0 Å². The number of carboxylic acids is 2. The van der Waals surface area contributed by atoms with E-state index in [4.69, 9.17) is 10.2 Å². The number of hydrogen-bond acceptors (Lipinski definition) is 5. The molecule has 1 unspecified atom stereocenters. The maximum Gasteiger partial charge on any atom is 0.328 e. The lowest BCUT2D eigenvalue weighted by atomic mass is 9.97. The Labute approximate surface area is 158 Å². The van der Waals surface area contributed by atoms with Crippen molar-refractivity contribution >= 4 is 17.7 Å². The number of Topliss-reactive ketones (excluding diaryl/α,β-unsaturated/α-hetero) is 1. The number of carbonyl (C=O) groups is 3. The minimum absolute atomic E-state index is 0.0137. The molecule has 3 N–H and O–H groups in total. The van der Waals surface area contributed by atoms with Crippen molar-refractivity contribution in [1.82, 2.24) is 4.90 Å².